The van der Waals surface area contributed by atoms with E-state index in [4.69, 9.17) is 4.74 Å². The van der Waals surface area contributed by atoms with Crippen LogP contribution in [0.5, 0.6) is 0 Å². The third-order valence-electron chi connectivity index (χ3n) is 3.20. The van der Waals surface area contributed by atoms with E-state index in [-0.39, 0.29) is 12.1 Å². The second kappa shape index (κ2) is 5.44. The smallest absolute Gasteiger partial charge is 0.348 e. The van der Waals surface area contributed by atoms with Crippen LogP contribution in [-0.2, 0) is 4.74 Å². The topological polar surface area (TPSA) is 26.3 Å². The summed E-state index contributed by atoms with van der Waals surface area (Å²) in [5.41, 5.74) is 0. The first-order chi connectivity index (χ1) is 8.04. The molecular formula is C13H18O2S2. The normalized spacial score (nSPS) is 29.0. The summed E-state index contributed by atoms with van der Waals surface area (Å²) in [6, 6.07) is 1.77. The molecule has 1 aliphatic rings. The van der Waals surface area contributed by atoms with Gasteiger partial charge in [-0.3, -0.25) is 0 Å². The average Bonchev–Trinajstić information content (AvgIpc) is 2.63. The molecule has 1 aromatic rings. The zero-order valence-electron chi connectivity index (χ0n) is 10.2. The molecule has 0 amide bonds. The Kier molecular flexibility index (Phi) is 4.15. The van der Waals surface area contributed by atoms with Gasteiger partial charge in [0.15, 0.2) is 0 Å². The van der Waals surface area contributed by atoms with Crippen molar-refractivity contribution in [1.29, 1.82) is 0 Å². The van der Waals surface area contributed by atoms with Gasteiger partial charge in [0.1, 0.15) is 11.0 Å². The molecule has 0 aromatic carbocycles. The van der Waals surface area contributed by atoms with Crippen LogP contribution in [0.4, 0.5) is 0 Å². The van der Waals surface area contributed by atoms with Crippen molar-refractivity contribution in [3.63, 3.8) is 0 Å². The van der Waals surface area contributed by atoms with Crippen LogP contribution in [0.3, 0.4) is 0 Å². The Balaban J connectivity index is 1.94. The molecule has 94 valence electrons. The summed E-state index contributed by atoms with van der Waals surface area (Å²) in [7, 11) is 0. The van der Waals surface area contributed by atoms with Gasteiger partial charge >= 0.3 is 5.97 Å². The van der Waals surface area contributed by atoms with Crippen molar-refractivity contribution in [2.45, 2.75) is 44.1 Å². The van der Waals surface area contributed by atoms with Crippen LogP contribution < -0.4 is 0 Å². The zero-order chi connectivity index (χ0) is 12.4. The number of carbonyl (C=O) groups excluding carboxylic acids is 1. The maximum Gasteiger partial charge on any atom is 0.348 e. The minimum absolute atomic E-state index is 0.0896. The van der Waals surface area contributed by atoms with Gasteiger partial charge < -0.3 is 4.74 Å². The molecule has 0 spiro atoms. The number of thiol groups is 1. The van der Waals surface area contributed by atoms with E-state index in [0.29, 0.717) is 16.7 Å². The molecule has 1 aromatic heterocycles. The molecule has 1 aliphatic carbocycles. The molecule has 17 heavy (non-hydrogen) atoms. The number of ether oxygens (including phenoxy) is 1. The van der Waals surface area contributed by atoms with Gasteiger partial charge in [-0.2, -0.15) is 0 Å². The predicted octanol–water partition coefficient (Wildman–Crippen LogP) is 4.02. The van der Waals surface area contributed by atoms with Crippen molar-refractivity contribution in [2.24, 2.45) is 11.8 Å². The highest BCUT2D eigenvalue weighted by atomic mass is 32.1. The number of esters is 1. The lowest BCUT2D eigenvalue weighted by Gasteiger charge is -2.30. The molecule has 2 nitrogen and oxygen atoms in total. The highest BCUT2D eigenvalue weighted by Gasteiger charge is 2.27. The van der Waals surface area contributed by atoms with Crippen LogP contribution in [0.25, 0.3) is 0 Å². The molecular weight excluding hydrogens is 252 g/mol. The number of rotatable bonds is 2. The van der Waals surface area contributed by atoms with Gasteiger partial charge in [0.25, 0.3) is 0 Å². The van der Waals surface area contributed by atoms with Crippen molar-refractivity contribution >= 4 is 29.9 Å². The molecule has 0 bridgehead atoms. The Morgan fingerprint density at radius 2 is 2.00 bits per heavy atom. The van der Waals surface area contributed by atoms with E-state index in [1.807, 2.05) is 5.38 Å². The molecule has 2 atom stereocenters. The van der Waals surface area contributed by atoms with Crippen molar-refractivity contribution in [1.82, 2.24) is 0 Å². The second-order valence-electron chi connectivity index (χ2n) is 5.11. The molecule has 1 saturated carbocycles. The van der Waals surface area contributed by atoms with Gasteiger partial charge in [-0.25, -0.2) is 4.79 Å². The first-order valence-electron chi connectivity index (χ1n) is 6.03. The summed E-state index contributed by atoms with van der Waals surface area (Å²) in [5, 5.41) is 1.85. The summed E-state index contributed by atoms with van der Waals surface area (Å²) in [5.74, 6) is 1.11. The lowest BCUT2D eigenvalue weighted by atomic mass is 9.82. The Bertz CT molecular complexity index is 390. The van der Waals surface area contributed by atoms with E-state index in [9.17, 15) is 4.79 Å². The molecule has 1 fully saturated rings. The Morgan fingerprint density at radius 1 is 1.35 bits per heavy atom. The molecule has 4 heteroatoms. The molecule has 0 saturated heterocycles. The predicted molar refractivity (Wildman–Crippen MR) is 73.0 cm³/mol. The number of hydrogen-bond donors (Lipinski definition) is 1. The second-order valence-corrected chi connectivity index (χ2v) is 6.54. The van der Waals surface area contributed by atoms with E-state index < -0.39 is 0 Å². The summed E-state index contributed by atoms with van der Waals surface area (Å²) in [4.78, 5) is 13.4. The van der Waals surface area contributed by atoms with Gasteiger partial charge in [0, 0.05) is 10.3 Å². The molecule has 0 N–H and O–H groups in total. The number of thiophene rings is 1. The third kappa shape index (κ3) is 3.49. The molecule has 0 aliphatic heterocycles. The number of carbonyl (C=O) groups is 1. The van der Waals surface area contributed by atoms with E-state index in [1.54, 1.807) is 6.07 Å². The van der Waals surface area contributed by atoms with Crippen molar-refractivity contribution in [3.05, 3.63) is 16.3 Å². The van der Waals surface area contributed by atoms with E-state index >= 15 is 0 Å². The first-order valence-corrected chi connectivity index (χ1v) is 7.35. The summed E-state index contributed by atoms with van der Waals surface area (Å²) in [6.07, 6.45) is 3.32. The zero-order valence-corrected chi connectivity index (χ0v) is 11.9. The Hall–Kier alpha value is -0.480. The largest absolute Gasteiger partial charge is 0.458 e. The van der Waals surface area contributed by atoms with Crippen LogP contribution in [0.15, 0.2) is 16.3 Å². The van der Waals surface area contributed by atoms with Crippen LogP contribution >= 0.6 is 24.0 Å². The van der Waals surface area contributed by atoms with Crippen LogP contribution in [0.2, 0.25) is 0 Å². The maximum absolute atomic E-state index is 11.9. The van der Waals surface area contributed by atoms with Gasteiger partial charge in [-0.1, -0.05) is 13.8 Å². The lowest BCUT2D eigenvalue weighted by molar-refractivity contribution is 0.00856. The minimum Gasteiger partial charge on any atom is -0.458 e. The van der Waals surface area contributed by atoms with Crippen LogP contribution in [-0.4, -0.2) is 12.1 Å². The third-order valence-corrected chi connectivity index (χ3v) is 4.54. The van der Waals surface area contributed by atoms with E-state index in [0.717, 1.165) is 17.7 Å². The van der Waals surface area contributed by atoms with E-state index in [2.05, 4.69) is 26.5 Å². The Morgan fingerprint density at radius 3 is 2.53 bits per heavy atom. The highest BCUT2D eigenvalue weighted by molar-refractivity contribution is 7.80. The van der Waals surface area contributed by atoms with Crippen LogP contribution in [0.1, 0.15) is 42.8 Å². The summed E-state index contributed by atoms with van der Waals surface area (Å²) >= 11 is 5.59. The highest BCUT2D eigenvalue weighted by Crippen LogP contribution is 2.31. The lowest BCUT2D eigenvalue weighted by Crippen LogP contribution is -2.28. The molecule has 2 unspecified atom stereocenters. The number of hydrogen-bond acceptors (Lipinski definition) is 4. The van der Waals surface area contributed by atoms with Crippen molar-refractivity contribution in [3.8, 4) is 0 Å². The molecule has 2 rings (SSSR count). The fourth-order valence-corrected chi connectivity index (χ4v) is 3.64. The standard InChI is InChI=1S/C13H18O2S2/c1-8-3-9(2)5-10(4-8)15-13(14)12-6-11(16)7-17-12/h6-10,16H,3-5H2,1-2H3. The fourth-order valence-electron chi connectivity index (χ4n) is 2.61. The van der Waals surface area contributed by atoms with Crippen molar-refractivity contribution in [2.75, 3.05) is 0 Å². The quantitative estimate of drug-likeness (QED) is 0.649. The first kappa shape index (κ1) is 13.0. The van der Waals surface area contributed by atoms with Gasteiger partial charge in [-0.05, 0) is 37.2 Å². The summed E-state index contributed by atoms with van der Waals surface area (Å²) in [6.45, 7) is 4.46. The Labute approximate surface area is 112 Å². The average molecular weight is 270 g/mol. The SMILES string of the molecule is CC1CC(C)CC(OC(=O)c2cc(S)cs2)C1. The van der Waals surface area contributed by atoms with Gasteiger partial charge in [0.05, 0.1) is 0 Å². The molecule has 0 radical (unpaired) electrons. The van der Waals surface area contributed by atoms with Gasteiger partial charge in [0.2, 0.25) is 0 Å². The maximum atomic E-state index is 11.9. The summed E-state index contributed by atoms with van der Waals surface area (Å²) < 4.78 is 5.57. The van der Waals surface area contributed by atoms with E-state index in [1.165, 1.54) is 17.8 Å². The van der Waals surface area contributed by atoms with Gasteiger partial charge in [-0.15, -0.1) is 24.0 Å². The molecule has 1 heterocycles. The monoisotopic (exact) mass is 270 g/mol. The van der Waals surface area contributed by atoms with Crippen molar-refractivity contribution < 1.29 is 9.53 Å². The van der Waals surface area contributed by atoms with Crippen LogP contribution in [0, 0.1) is 11.8 Å². The minimum atomic E-state index is -0.193. The fraction of sp³-hybridized carbons (Fsp3) is 0.615.